The zero-order valence-corrected chi connectivity index (χ0v) is 10.8. The lowest BCUT2D eigenvalue weighted by molar-refractivity contribution is -0.121. The van der Waals surface area contributed by atoms with Gasteiger partial charge < -0.3 is 9.73 Å². The lowest BCUT2D eigenvalue weighted by Crippen LogP contribution is -2.40. The van der Waals surface area contributed by atoms with Crippen molar-refractivity contribution in [2.24, 2.45) is 0 Å². The highest BCUT2D eigenvalue weighted by Gasteiger charge is 2.11. The van der Waals surface area contributed by atoms with Crippen molar-refractivity contribution < 1.29 is 9.21 Å². The number of carbonyl (C=O) groups excluding carboxylic acids is 1. The molecule has 4 nitrogen and oxygen atoms in total. The highest BCUT2D eigenvalue weighted by Crippen LogP contribution is 2.11. The number of furan rings is 1. The Morgan fingerprint density at radius 2 is 2.12 bits per heavy atom. The summed E-state index contributed by atoms with van der Waals surface area (Å²) in [6.07, 6.45) is 3.57. The summed E-state index contributed by atoms with van der Waals surface area (Å²) in [6, 6.07) is 4.08. The summed E-state index contributed by atoms with van der Waals surface area (Å²) in [5.74, 6) is 0.887. The van der Waals surface area contributed by atoms with Crippen LogP contribution >= 0.6 is 0 Å². The molecule has 0 saturated carbocycles. The van der Waals surface area contributed by atoms with Crippen molar-refractivity contribution in [2.45, 2.75) is 45.7 Å². The van der Waals surface area contributed by atoms with E-state index >= 15 is 0 Å². The van der Waals surface area contributed by atoms with Crippen LogP contribution in [-0.2, 0) is 4.79 Å². The van der Waals surface area contributed by atoms with Crippen LogP contribution in [0.3, 0.4) is 0 Å². The quantitative estimate of drug-likeness (QED) is 0.766. The van der Waals surface area contributed by atoms with E-state index in [2.05, 4.69) is 24.5 Å². The van der Waals surface area contributed by atoms with Crippen molar-refractivity contribution in [2.75, 3.05) is 6.54 Å². The molecule has 1 aromatic heterocycles. The zero-order chi connectivity index (χ0) is 12.7. The first kappa shape index (κ1) is 13.8. The fraction of sp³-hybridized carbons (Fsp3) is 0.615. The van der Waals surface area contributed by atoms with Crippen LogP contribution in [0.2, 0.25) is 0 Å². The summed E-state index contributed by atoms with van der Waals surface area (Å²) in [4.78, 5) is 11.6. The summed E-state index contributed by atoms with van der Waals surface area (Å²) in [5.41, 5.74) is 0. The fourth-order valence-electron chi connectivity index (χ4n) is 1.66. The van der Waals surface area contributed by atoms with Crippen molar-refractivity contribution in [3.05, 3.63) is 24.2 Å². The first-order valence-corrected chi connectivity index (χ1v) is 6.23. The van der Waals surface area contributed by atoms with E-state index in [0.29, 0.717) is 6.54 Å². The van der Waals surface area contributed by atoms with E-state index in [1.165, 1.54) is 0 Å². The number of rotatable bonds is 7. The average molecular weight is 238 g/mol. The summed E-state index contributed by atoms with van der Waals surface area (Å²) in [7, 11) is 0. The SMILES string of the molecule is CCC(CC)NC(=O)CN[C@@H](C)c1ccco1. The van der Waals surface area contributed by atoms with Gasteiger partial charge in [0.25, 0.3) is 0 Å². The Bertz CT molecular complexity index is 318. The fourth-order valence-corrected chi connectivity index (χ4v) is 1.66. The van der Waals surface area contributed by atoms with Crippen LogP contribution in [0, 0.1) is 0 Å². The molecule has 0 aliphatic heterocycles. The summed E-state index contributed by atoms with van der Waals surface area (Å²) in [6.45, 7) is 6.45. The number of hydrogen-bond acceptors (Lipinski definition) is 3. The maximum Gasteiger partial charge on any atom is 0.234 e. The first-order chi connectivity index (χ1) is 8.17. The molecule has 0 bridgehead atoms. The Balaban J connectivity index is 2.28. The molecule has 1 aromatic rings. The molecule has 1 rings (SSSR count). The lowest BCUT2D eigenvalue weighted by Gasteiger charge is -2.16. The standard InChI is InChI=1S/C13H22N2O2/c1-4-11(5-2)15-13(16)9-14-10(3)12-7-6-8-17-12/h6-8,10-11,14H,4-5,9H2,1-3H3,(H,15,16)/t10-/m0/s1. The third kappa shape index (κ3) is 4.61. The van der Waals surface area contributed by atoms with Gasteiger partial charge in [0.2, 0.25) is 5.91 Å². The van der Waals surface area contributed by atoms with Gasteiger partial charge in [0.05, 0.1) is 18.8 Å². The molecular formula is C13H22N2O2. The third-order valence-electron chi connectivity index (χ3n) is 2.89. The van der Waals surface area contributed by atoms with Crippen LogP contribution in [0.1, 0.15) is 45.4 Å². The number of nitrogens with one attached hydrogen (secondary N) is 2. The van der Waals surface area contributed by atoms with Crippen molar-refractivity contribution >= 4 is 5.91 Å². The van der Waals surface area contributed by atoms with Gasteiger partial charge in [-0.05, 0) is 31.9 Å². The zero-order valence-electron chi connectivity index (χ0n) is 10.8. The minimum atomic E-state index is 0.0390. The smallest absolute Gasteiger partial charge is 0.234 e. The molecule has 0 spiro atoms. The van der Waals surface area contributed by atoms with E-state index in [4.69, 9.17) is 4.42 Å². The highest BCUT2D eigenvalue weighted by atomic mass is 16.3. The van der Waals surface area contributed by atoms with E-state index in [1.54, 1.807) is 6.26 Å². The maximum absolute atomic E-state index is 11.6. The average Bonchev–Trinajstić information content (AvgIpc) is 2.86. The van der Waals surface area contributed by atoms with Gasteiger partial charge >= 0.3 is 0 Å². The van der Waals surface area contributed by atoms with Crippen molar-refractivity contribution in [1.29, 1.82) is 0 Å². The molecule has 0 aliphatic rings. The monoisotopic (exact) mass is 238 g/mol. The van der Waals surface area contributed by atoms with E-state index in [1.807, 2.05) is 19.1 Å². The Kier molecular flexibility index (Phi) is 5.77. The molecule has 0 unspecified atom stereocenters. The molecule has 1 atom stereocenters. The molecule has 1 amide bonds. The molecule has 0 fully saturated rings. The molecule has 0 saturated heterocycles. The molecule has 0 radical (unpaired) electrons. The molecule has 17 heavy (non-hydrogen) atoms. The van der Waals surface area contributed by atoms with Crippen molar-refractivity contribution in [1.82, 2.24) is 10.6 Å². The van der Waals surface area contributed by atoms with Crippen LogP contribution in [0.4, 0.5) is 0 Å². The topological polar surface area (TPSA) is 54.3 Å². The van der Waals surface area contributed by atoms with E-state index in [9.17, 15) is 4.79 Å². The number of carbonyl (C=O) groups is 1. The molecule has 2 N–H and O–H groups in total. The summed E-state index contributed by atoms with van der Waals surface area (Å²) >= 11 is 0. The Morgan fingerprint density at radius 1 is 1.41 bits per heavy atom. The van der Waals surface area contributed by atoms with Gasteiger partial charge in [-0.25, -0.2) is 0 Å². The predicted molar refractivity (Wildman–Crippen MR) is 67.6 cm³/mol. The minimum Gasteiger partial charge on any atom is -0.468 e. The maximum atomic E-state index is 11.6. The summed E-state index contributed by atoms with van der Waals surface area (Å²) in [5, 5.41) is 6.12. The van der Waals surface area contributed by atoms with Crippen molar-refractivity contribution in [3.8, 4) is 0 Å². The number of hydrogen-bond donors (Lipinski definition) is 2. The normalized spacial score (nSPS) is 12.7. The molecule has 4 heteroatoms. The third-order valence-corrected chi connectivity index (χ3v) is 2.89. The lowest BCUT2D eigenvalue weighted by atomic mass is 10.2. The number of amides is 1. The van der Waals surface area contributed by atoms with Gasteiger partial charge in [-0.1, -0.05) is 13.8 Å². The van der Waals surface area contributed by atoms with Crippen LogP contribution in [0.25, 0.3) is 0 Å². The van der Waals surface area contributed by atoms with E-state index < -0.39 is 0 Å². The van der Waals surface area contributed by atoms with Gasteiger partial charge in [-0.2, -0.15) is 0 Å². The largest absolute Gasteiger partial charge is 0.468 e. The van der Waals surface area contributed by atoms with Gasteiger partial charge in [0, 0.05) is 6.04 Å². The Morgan fingerprint density at radius 3 is 2.65 bits per heavy atom. The first-order valence-electron chi connectivity index (χ1n) is 6.23. The van der Waals surface area contributed by atoms with E-state index in [0.717, 1.165) is 18.6 Å². The molecular weight excluding hydrogens is 216 g/mol. The molecule has 0 aromatic carbocycles. The molecule has 1 heterocycles. The van der Waals surface area contributed by atoms with Crippen LogP contribution in [-0.4, -0.2) is 18.5 Å². The minimum absolute atomic E-state index is 0.0390. The Hall–Kier alpha value is -1.29. The van der Waals surface area contributed by atoms with Gasteiger partial charge in [-0.3, -0.25) is 10.1 Å². The van der Waals surface area contributed by atoms with E-state index in [-0.39, 0.29) is 18.0 Å². The van der Waals surface area contributed by atoms with Crippen LogP contribution in [0.5, 0.6) is 0 Å². The molecule has 96 valence electrons. The van der Waals surface area contributed by atoms with Gasteiger partial charge in [-0.15, -0.1) is 0 Å². The highest BCUT2D eigenvalue weighted by molar-refractivity contribution is 5.78. The predicted octanol–water partition coefficient (Wildman–Crippen LogP) is 2.23. The summed E-state index contributed by atoms with van der Waals surface area (Å²) < 4.78 is 5.26. The van der Waals surface area contributed by atoms with Gasteiger partial charge in [0.15, 0.2) is 0 Å². The second kappa shape index (κ2) is 7.12. The van der Waals surface area contributed by atoms with Crippen LogP contribution < -0.4 is 10.6 Å². The Labute approximate surface area is 103 Å². The van der Waals surface area contributed by atoms with Crippen molar-refractivity contribution in [3.63, 3.8) is 0 Å². The second-order valence-corrected chi connectivity index (χ2v) is 4.20. The second-order valence-electron chi connectivity index (χ2n) is 4.20. The van der Waals surface area contributed by atoms with Gasteiger partial charge in [0.1, 0.15) is 5.76 Å². The molecule has 0 aliphatic carbocycles. The van der Waals surface area contributed by atoms with Crippen LogP contribution in [0.15, 0.2) is 22.8 Å².